The first-order valence-corrected chi connectivity index (χ1v) is 13.4. The van der Waals surface area contributed by atoms with Gasteiger partial charge in [0.2, 0.25) is 5.78 Å². The van der Waals surface area contributed by atoms with Gasteiger partial charge < -0.3 is 10.2 Å². The summed E-state index contributed by atoms with van der Waals surface area (Å²) < 4.78 is 0. The predicted octanol–water partition coefficient (Wildman–Crippen LogP) is 2.68. The van der Waals surface area contributed by atoms with E-state index in [1.807, 2.05) is 12.4 Å². The highest BCUT2D eigenvalue weighted by Gasteiger charge is 2.49. The molecule has 1 aromatic rings. The number of benzene rings is 1. The van der Waals surface area contributed by atoms with Gasteiger partial charge in [0, 0.05) is 36.7 Å². The number of hydrazine groups is 1. The van der Waals surface area contributed by atoms with Crippen LogP contribution in [0.25, 0.3) is 0 Å². The Bertz CT molecular complexity index is 995. The molecule has 8 nitrogen and oxygen atoms in total. The number of hydrogen-bond acceptors (Lipinski definition) is 7. The maximum absolute atomic E-state index is 12.4. The molecule has 36 heavy (non-hydrogen) atoms. The van der Waals surface area contributed by atoms with Crippen LogP contribution >= 0.6 is 0 Å². The van der Waals surface area contributed by atoms with Gasteiger partial charge in [0.25, 0.3) is 5.91 Å². The topological polar surface area (TPSA) is 89.1 Å². The number of carbonyl (C=O) groups is 2. The van der Waals surface area contributed by atoms with Crippen molar-refractivity contribution in [3.8, 4) is 0 Å². The summed E-state index contributed by atoms with van der Waals surface area (Å²) in [5, 5.41) is 2.87. The summed E-state index contributed by atoms with van der Waals surface area (Å²) in [6.07, 6.45) is 14.6. The Balaban J connectivity index is 1.18. The predicted molar refractivity (Wildman–Crippen MR) is 141 cm³/mol. The van der Waals surface area contributed by atoms with Crippen molar-refractivity contribution < 1.29 is 9.59 Å². The van der Waals surface area contributed by atoms with Crippen LogP contribution in [0.1, 0.15) is 63.4 Å². The average Bonchev–Trinajstić information content (AvgIpc) is 3.29. The van der Waals surface area contributed by atoms with Gasteiger partial charge in [-0.2, -0.15) is 0 Å². The van der Waals surface area contributed by atoms with Gasteiger partial charge in [0.05, 0.1) is 18.5 Å². The quantitative estimate of drug-likeness (QED) is 0.484. The molecule has 2 atom stereocenters. The number of Topliss-reactive ketones (excluding diaryl/α,β-unsaturated/α-hetero) is 1. The Hall–Kier alpha value is -2.55. The molecule has 8 heteroatoms. The zero-order valence-corrected chi connectivity index (χ0v) is 21.6. The molecule has 0 bridgehead atoms. The van der Waals surface area contributed by atoms with E-state index in [1.54, 1.807) is 6.20 Å². The third-order valence-corrected chi connectivity index (χ3v) is 9.05. The Labute approximate surface area is 214 Å². The highest BCUT2D eigenvalue weighted by molar-refractivity contribution is 6.36. The van der Waals surface area contributed by atoms with Gasteiger partial charge in [-0.1, -0.05) is 36.8 Å². The van der Waals surface area contributed by atoms with Crippen molar-refractivity contribution in [2.24, 2.45) is 10.9 Å². The fraction of sp³-hybridized carbons (Fsp3) is 0.607. The van der Waals surface area contributed by atoms with Crippen molar-refractivity contribution in [2.75, 3.05) is 20.6 Å². The molecule has 1 unspecified atom stereocenters. The van der Waals surface area contributed by atoms with E-state index in [4.69, 9.17) is 0 Å². The monoisotopic (exact) mass is 492 g/mol. The molecule has 2 aliphatic carbocycles. The zero-order valence-electron chi connectivity index (χ0n) is 21.6. The van der Waals surface area contributed by atoms with Crippen LogP contribution < -0.4 is 16.2 Å². The van der Waals surface area contributed by atoms with Gasteiger partial charge in [-0.15, -0.1) is 0 Å². The maximum Gasteiger partial charge on any atom is 0.287 e. The number of amides is 1. The first kappa shape index (κ1) is 25.1. The van der Waals surface area contributed by atoms with Crippen molar-refractivity contribution in [3.63, 3.8) is 0 Å². The van der Waals surface area contributed by atoms with Crippen molar-refractivity contribution in [3.05, 3.63) is 48.2 Å². The van der Waals surface area contributed by atoms with Gasteiger partial charge in [0.1, 0.15) is 0 Å². The van der Waals surface area contributed by atoms with E-state index >= 15 is 0 Å². The molecule has 194 valence electrons. The van der Waals surface area contributed by atoms with E-state index in [-0.39, 0.29) is 29.1 Å². The molecule has 5 rings (SSSR count). The summed E-state index contributed by atoms with van der Waals surface area (Å²) in [5.41, 5.74) is 8.65. The summed E-state index contributed by atoms with van der Waals surface area (Å²) >= 11 is 0. The molecule has 4 aliphatic rings. The van der Waals surface area contributed by atoms with E-state index in [0.29, 0.717) is 18.9 Å². The first-order valence-electron chi connectivity index (χ1n) is 13.4. The number of carbonyl (C=O) groups excluding carboxylic acids is 2. The average molecular weight is 493 g/mol. The Morgan fingerprint density at radius 1 is 1.14 bits per heavy atom. The van der Waals surface area contributed by atoms with E-state index in [2.05, 4.69) is 75.4 Å². The highest BCUT2D eigenvalue weighted by atomic mass is 16.2. The highest BCUT2D eigenvalue weighted by Crippen LogP contribution is 2.47. The van der Waals surface area contributed by atoms with Gasteiger partial charge in [-0.3, -0.25) is 14.5 Å². The van der Waals surface area contributed by atoms with Gasteiger partial charge in [0.15, 0.2) is 0 Å². The lowest BCUT2D eigenvalue weighted by molar-refractivity contribution is -0.138. The second-order valence-corrected chi connectivity index (χ2v) is 11.3. The van der Waals surface area contributed by atoms with E-state index in [9.17, 15) is 9.59 Å². The van der Waals surface area contributed by atoms with Gasteiger partial charge in [-0.05, 0) is 70.2 Å². The molecule has 2 saturated carbocycles. The molecule has 0 aromatic heterocycles. The van der Waals surface area contributed by atoms with Crippen LogP contribution in [0, 0.1) is 5.92 Å². The lowest BCUT2D eigenvalue weighted by Crippen LogP contribution is -2.54. The van der Waals surface area contributed by atoms with E-state index in [1.165, 1.54) is 12.0 Å². The van der Waals surface area contributed by atoms with Crippen molar-refractivity contribution >= 4 is 18.0 Å². The van der Waals surface area contributed by atoms with Gasteiger partial charge >= 0.3 is 0 Å². The molecule has 1 spiro atoms. The Kier molecular flexibility index (Phi) is 7.28. The number of ketones is 1. The number of nitrogens with zero attached hydrogens (tertiary/aromatic N) is 3. The lowest BCUT2D eigenvalue weighted by atomic mass is 9.68. The molecule has 0 radical (unpaired) electrons. The van der Waals surface area contributed by atoms with Gasteiger partial charge in [-0.25, -0.2) is 15.8 Å². The summed E-state index contributed by atoms with van der Waals surface area (Å²) in [6.45, 7) is 0.390. The summed E-state index contributed by atoms with van der Waals surface area (Å²) in [7, 11) is 4.39. The Morgan fingerprint density at radius 3 is 2.56 bits per heavy atom. The first-order chi connectivity index (χ1) is 17.4. The third-order valence-electron chi connectivity index (χ3n) is 9.05. The van der Waals surface area contributed by atoms with Crippen LogP contribution in [0.5, 0.6) is 0 Å². The van der Waals surface area contributed by atoms with Crippen LogP contribution in [-0.2, 0) is 15.1 Å². The summed E-state index contributed by atoms with van der Waals surface area (Å²) in [5.74, 6) is -0.348. The number of nitrogens with one attached hydrogen (secondary N) is 3. The number of hydrogen-bond donors (Lipinski definition) is 3. The summed E-state index contributed by atoms with van der Waals surface area (Å²) in [6, 6.07) is 10.8. The van der Waals surface area contributed by atoms with Crippen LogP contribution in [0.2, 0.25) is 0 Å². The van der Waals surface area contributed by atoms with E-state index in [0.717, 1.165) is 44.9 Å². The van der Waals surface area contributed by atoms with E-state index < -0.39 is 5.91 Å². The smallest absolute Gasteiger partial charge is 0.287 e. The SMILES string of the molecule is CN(C)C1(c2ccccc2)CCC2(CC1)C[C@@H](N1C=NC=CC1CNC(=O)C(=O)CC1CCC1)NN2. The fourth-order valence-electron chi connectivity index (χ4n) is 6.38. The van der Waals surface area contributed by atoms with Crippen molar-refractivity contribution in [2.45, 2.75) is 81.1 Å². The van der Waals surface area contributed by atoms with Crippen molar-refractivity contribution in [1.29, 1.82) is 0 Å². The molecule has 2 aliphatic heterocycles. The lowest BCUT2D eigenvalue weighted by Gasteiger charge is -2.49. The molecule has 3 N–H and O–H groups in total. The second kappa shape index (κ2) is 10.4. The normalized spacial score (nSPS) is 32.1. The maximum atomic E-state index is 12.4. The van der Waals surface area contributed by atoms with Crippen molar-refractivity contribution in [1.82, 2.24) is 26.0 Å². The Morgan fingerprint density at radius 2 is 1.89 bits per heavy atom. The van der Waals surface area contributed by atoms with Crippen LogP contribution in [0.15, 0.2) is 47.6 Å². The molecule has 1 aromatic carbocycles. The summed E-state index contributed by atoms with van der Waals surface area (Å²) in [4.78, 5) is 33.6. The molecule has 1 amide bonds. The number of aliphatic imine (C=N–C) groups is 1. The molecular formula is C28H40N6O2. The second-order valence-electron chi connectivity index (χ2n) is 11.3. The largest absolute Gasteiger partial charge is 0.347 e. The molecule has 1 saturated heterocycles. The zero-order chi connectivity index (χ0) is 25.2. The molecule has 2 heterocycles. The molecular weight excluding hydrogens is 452 g/mol. The fourth-order valence-corrected chi connectivity index (χ4v) is 6.38. The number of rotatable bonds is 8. The third kappa shape index (κ3) is 4.99. The van der Waals surface area contributed by atoms with Crippen LogP contribution in [-0.4, -0.2) is 66.2 Å². The minimum absolute atomic E-state index is 0.0283. The standard InChI is InChI=1S/C28H40N6O2/c1-33(2)28(22-9-4-3-5-10-22)14-12-27(13-15-28)18-25(31-32-27)34-20-29-16-11-23(34)19-30-26(36)24(35)17-21-7-6-8-21/h3-5,9-11,16,20-21,23,25,31-32H,6-8,12-15,17-19H2,1-2H3,(H,30,36)/t23?,25-,27?,28?/m1/s1. The van der Waals surface area contributed by atoms with Crippen LogP contribution in [0.3, 0.4) is 0 Å². The molecule has 3 fully saturated rings. The minimum Gasteiger partial charge on any atom is -0.347 e. The van der Waals surface area contributed by atoms with Crippen LogP contribution in [0.4, 0.5) is 0 Å². The minimum atomic E-state index is -0.458.